The van der Waals surface area contributed by atoms with Gasteiger partial charge in [-0.15, -0.1) is 0 Å². The lowest BCUT2D eigenvalue weighted by Crippen LogP contribution is -2.45. The molecule has 2 aromatic rings. The molecule has 0 spiro atoms. The van der Waals surface area contributed by atoms with Gasteiger partial charge in [0.15, 0.2) is 5.82 Å². The second-order valence-corrected chi connectivity index (χ2v) is 6.95. The van der Waals surface area contributed by atoms with Crippen LogP contribution in [0.4, 0.5) is 0 Å². The first-order valence-electron chi connectivity index (χ1n) is 9.29. The predicted octanol–water partition coefficient (Wildman–Crippen LogP) is 2.65. The van der Waals surface area contributed by atoms with Crippen molar-refractivity contribution in [3.05, 3.63) is 59.7 Å². The van der Waals surface area contributed by atoms with Gasteiger partial charge in [0.1, 0.15) is 6.10 Å². The lowest BCUT2D eigenvalue weighted by atomic mass is 10.2. The Labute approximate surface area is 149 Å². The fourth-order valence-electron chi connectivity index (χ4n) is 3.61. The summed E-state index contributed by atoms with van der Waals surface area (Å²) in [4.78, 5) is 14.2. The molecule has 0 unspecified atom stereocenters. The quantitative estimate of drug-likeness (QED) is 0.838. The van der Waals surface area contributed by atoms with Crippen LogP contribution in [0.2, 0.25) is 0 Å². The lowest BCUT2D eigenvalue weighted by Gasteiger charge is -2.34. The van der Waals surface area contributed by atoms with Crippen LogP contribution in [-0.2, 0) is 17.8 Å². The molecule has 1 atom stereocenters. The number of nitrogens with zero attached hydrogens (tertiary/aromatic N) is 4. The molecule has 2 aliphatic heterocycles. The van der Waals surface area contributed by atoms with Gasteiger partial charge in [-0.3, -0.25) is 9.80 Å². The number of rotatable bonds is 5. The van der Waals surface area contributed by atoms with Gasteiger partial charge in [-0.25, -0.2) is 9.97 Å². The Morgan fingerprint density at radius 3 is 2.44 bits per heavy atom. The van der Waals surface area contributed by atoms with Crippen LogP contribution in [0.5, 0.6) is 0 Å². The third kappa shape index (κ3) is 4.42. The zero-order chi connectivity index (χ0) is 16.9. The Morgan fingerprint density at radius 1 is 0.960 bits per heavy atom. The number of aromatic nitrogens is 2. The summed E-state index contributed by atoms with van der Waals surface area (Å²) in [5.41, 5.74) is 2.50. The number of ether oxygens (including phenoxy) is 1. The molecule has 132 valence electrons. The van der Waals surface area contributed by atoms with Crippen LogP contribution in [0.15, 0.2) is 42.6 Å². The van der Waals surface area contributed by atoms with Crippen molar-refractivity contribution in [3.63, 3.8) is 0 Å². The van der Waals surface area contributed by atoms with Crippen molar-refractivity contribution < 1.29 is 4.74 Å². The highest BCUT2D eigenvalue weighted by Crippen LogP contribution is 2.25. The van der Waals surface area contributed by atoms with Gasteiger partial charge < -0.3 is 4.74 Å². The maximum Gasteiger partial charge on any atom is 0.157 e. The third-order valence-corrected chi connectivity index (χ3v) is 5.05. The van der Waals surface area contributed by atoms with Gasteiger partial charge in [-0.05, 0) is 24.5 Å². The van der Waals surface area contributed by atoms with E-state index in [1.165, 1.54) is 5.56 Å². The summed E-state index contributed by atoms with van der Waals surface area (Å²) in [6.07, 6.45) is 4.14. The van der Waals surface area contributed by atoms with E-state index < -0.39 is 0 Å². The molecule has 2 saturated heterocycles. The normalized spacial score (nSPS) is 22.3. The van der Waals surface area contributed by atoms with Gasteiger partial charge in [0.05, 0.1) is 5.69 Å². The van der Waals surface area contributed by atoms with Crippen molar-refractivity contribution in [2.75, 3.05) is 32.8 Å². The molecule has 2 aliphatic rings. The molecule has 1 aromatic carbocycles. The Morgan fingerprint density at radius 2 is 1.72 bits per heavy atom. The summed E-state index contributed by atoms with van der Waals surface area (Å²) in [5.74, 6) is 0.859. The van der Waals surface area contributed by atoms with Crippen LogP contribution < -0.4 is 0 Å². The highest BCUT2D eigenvalue weighted by atomic mass is 16.5. The Bertz CT molecular complexity index is 664. The zero-order valence-corrected chi connectivity index (χ0v) is 14.7. The molecule has 0 radical (unpaired) electrons. The first-order chi connectivity index (χ1) is 12.4. The molecule has 4 rings (SSSR count). The smallest absolute Gasteiger partial charge is 0.157 e. The summed E-state index contributed by atoms with van der Waals surface area (Å²) in [6, 6.07) is 12.8. The van der Waals surface area contributed by atoms with E-state index in [1.54, 1.807) is 0 Å². The molecule has 0 amide bonds. The van der Waals surface area contributed by atoms with Crippen LogP contribution in [0.1, 0.15) is 36.0 Å². The van der Waals surface area contributed by atoms with Crippen molar-refractivity contribution in [1.29, 1.82) is 0 Å². The monoisotopic (exact) mass is 338 g/mol. The minimum atomic E-state index is 0.0997. The predicted molar refractivity (Wildman–Crippen MR) is 97.0 cm³/mol. The fraction of sp³-hybridized carbons (Fsp3) is 0.500. The maximum atomic E-state index is 5.71. The van der Waals surface area contributed by atoms with Gasteiger partial charge in [-0.1, -0.05) is 30.3 Å². The van der Waals surface area contributed by atoms with Crippen LogP contribution in [-0.4, -0.2) is 52.6 Å². The molecule has 5 heteroatoms. The van der Waals surface area contributed by atoms with E-state index >= 15 is 0 Å². The first kappa shape index (κ1) is 16.6. The molecule has 0 aliphatic carbocycles. The molecule has 0 N–H and O–H groups in total. The highest BCUT2D eigenvalue weighted by molar-refractivity contribution is 5.14. The third-order valence-electron chi connectivity index (χ3n) is 5.05. The SMILES string of the molecule is c1ccc(CN2CCN(Cc3ccnc([C@H]4CCCO4)n3)CC2)cc1. The molecule has 1 aromatic heterocycles. The largest absolute Gasteiger partial charge is 0.370 e. The average Bonchev–Trinajstić information content (AvgIpc) is 3.19. The van der Waals surface area contributed by atoms with Crippen LogP contribution in [0.3, 0.4) is 0 Å². The summed E-state index contributed by atoms with van der Waals surface area (Å²) in [5, 5.41) is 0. The maximum absolute atomic E-state index is 5.71. The molecular formula is C20H26N4O. The highest BCUT2D eigenvalue weighted by Gasteiger charge is 2.22. The molecule has 0 bridgehead atoms. The molecular weight excluding hydrogens is 312 g/mol. The minimum Gasteiger partial charge on any atom is -0.370 e. The van der Waals surface area contributed by atoms with E-state index in [0.29, 0.717) is 0 Å². The molecule has 5 nitrogen and oxygen atoms in total. The van der Waals surface area contributed by atoms with E-state index in [9.17, 15) is 0 Å². The zero-order valence-electron chi connectivity index (χ0n) is 14.7. The number of piperazine rings is 1. The van der Waals surface area contributed by atoms with Gasteiger partial charge in [-0.2, -0.15) is 0 Å². The summed E-state index contributed by atoms with van der Waals surface area (Å²) in [6.45, 7) is 7.18. The van der Waals surface area contributed by atoms with Crippen LogP contribution >= 0.6 is 0 Å². The Kier molecular flexibility index (Phi) is 5.35. The minimum absolute atomic E-state index is 0.0997. The van der Waals surface area contributed by atoms with E-state index in [0.717, 1.165) is 70.2 Å². The lowest BCUT2D eigenvalue weighted by molar-refractivity contribution is 0.103. The summed E-state index contributed by atoms with van der Waals surface area (Å²) >= 11 is 0. The van der Waals surface area contributed by atoms with Gasteiger partial charge >= 0.3 is 0 Å². The van der Waals surface area contributed by atoms with E-state index in [2.05, 4.69) is 45.1 Å². The van der Waals surface area contributed by atoms with Crippen LogP contribution in [0.25, 0.3) is 0 Å². The van der Waals surface area contributed by atoms with Gasteiger partial charge in [0.2, 0.25) is 0 Å². The van der Waals surface area contributed by atoms with Gasteiger partial charge in [0.25, 0.3) is 0 Å². The number of hydrogen-bond acceptors (Lipinski definition) is 5. The van der Waals surface area contributed by atoms with Crippen molar-refractivity contribution in [1.82, 2.24) is 19.8 Å². The van der Waals surface area contributed by atoms with Crippen molar-refractivity contribution in [3.8, 4) is 0 Å². The summed E-state index contributed by atoms with van der Waals surface area (Å²) < 4.78 is 5.71. The molecule has 0 saturated carbocycles. The second kappa shape index (κ2) is 8.04. The average molecular weight is 338 g/mol. The second-order valence-electron chi connectivity index (χ2n) is 6.95. The Hall–Kier alpha value is -1.82. The standard InChI is InChI=1S/C20H26N4O/c1-2-5-17(6-3-1)15-23-10-12-24(13-11-23)16-18-8-9-21-20(22-18)19-7-4-14-25-19/h1-3,5-6,8-9,19H,4,7,10-16H2/t19-/m1/s1. The molecule has 25 heavy (non-hydrogen) atoms. The van der Waals surface area contributed by atoms with Crippen molar-refractivity contribution in [2.24, 2.45) is 0 Å². The fourth-order valence-corrected chi connectivity index (χ4v) is 3.61. The van der Waals surface area contributed by atoms with E-state index in [4.69, 9.17) is 9.72 Å². The van der Waals surface area contributed by atoms with E-state index in [1.807, 2.05) is 12.3 Å². The number of hydrogen-bond donors (Lipinski definition) is 0. The first-order valence-corrected chi connectivity index (χ1v) is 9.29. The molecule has 2 fully saturated rings. The molecule has 3 heterocycles. The number of benzene rings is 1. The van der Waals surface area contributed by atoms with Crippen LogP contribution in [0, 0.1) is 0 Å². The Balaban J connectivity index is 1.29. The topological polar surface area (TPSA) is 41.5 Å². The summed E-state index contributed by atoms with van der Waals surface area (Å²) in [7, 11) is 0. The van der Waals surface area contributed by atoms with Crippen molar-refractivity contribution >= 4 is 0 Å². The van der Waals surface area contributed by atoms with Crippen molar-refractivity contribution in [2.45, 2.75) is 32.0 Å². The van der Waals surface area contributed by atoms with E-state index in [-0.39, 0.29) is 6.10 Å². The van der Waals surface area contributed by atoms with Gasteiger partial charge in [0, 0.05) is 52.1 Å².